The van der Waals surface area contributed by atoms with Crippen LogP contribution in [0.3, 0.4) is 0 Å². The van der Waals surface area contributed by atoms with Gasteiger partial charge in [-0.1, -0.05) is 12.1 Å². The first kappa shape index (κ1) is 18.1. The summed E-state index contributed by atoms with van der Waals surface area (Å²) in [6.07, 6.45) is 1.80. The van der Waals surface area contributed by atoms with E-state index < -0.39 is 11.6 Å². The number of benzene rings is 1. The average molecular weight is 375 g/mol. The van der Waals surface area contributed by atoms with E-state index in [2.05, 4.69) is 10.2 Å². The van der Waals surface area contributed by atoms with Gasteiger partial charge in [0, 0.05) is 25.1 Å². The lowest BCUT2D eigenvalue weighted by atomic mass is 9.88. The first-order chi connectivity index (χ1) is 13.0. The van der Waals surface area contributed by atoms with Crippen molar-refractivity contribution in [3.8, 4) is 0 Å². The largest absolute Gasteiger partial charge is 0.369 e. The average Bonchev–Trinajstić information content (AvgIpc) is 3.08. The van der Waals surface area contributed by atoms with E-state index in [0.717, 1.165) is 17.3 Å². The van der Waals surface area contributed by atoms with Crippen molar-refractivity contribution in [3.05, 3.63) is 52.3 Å². The van der Waals surface area contributed by atoms with Crippen LogP contribution < -0.4 is 0 Å². The van der Waals surface area contributed by atoms with Crippen molar-refractivity contribution >= 4 is 5.91 Å². The lowest BCUT2D eigenvalue weighted by Crippen LogP contribution is -2.39. The van der Waals surface area contributed by atoms with Crippen LogP contribution >= 0.6 is 0 Å². The summed E-state index contributed by atoms with van der Waals surface area (Å²) >= 11 is 0. The fraction of sp³-hybridized carbons (Fsp3) is 0.500. The van der Waals surface area contributed by atoms with E-state index in [1.165, 1.54) is 6.07 Å². The molecule has 1 amide bonds. The number of nitrogens with one attached hydrogen (secondary N) is 1. The third-order valence-corrected chi connectivity index (χ3v) is 5.64. The number of likely N-dealkylation sites (tertiary alicyclic amines) is 1. The van der Waals surface area contributed by atoms with Gasteiger partial charge in [-0.15, -0.1) is 0 Å². The van der Waals surface area contributed by atoms with E-state index in [-0.39, 0.29) is 24.0 Å². The molecular weight excluding hydrogens is 352 g/mol. The molecule has 0 saturated carbocycles. The van der Waals surface area contributed by atoms with Crippen LogP contribution in [0.2, 0.25) is 0 Å². The van der Waals surface area contributed by atoms with Crippen LogP contribution in [0, 0.1) is 11.6 Å². The number of nitrogens with zero attached hydrogens (tertiary/aromatic N) is 2. The summed E-state index contributed by atoms with van der Waals surface area (Å²) < 4.78 is 33.3. The van der Waals surface area contributed by atoms with Gasteiger partial charge in [-0.2, -0.15) is 5.10 Å². The van der Waals surface area contributed by atoms with Gasteiger partial charge in [-0.05, 0) is 44.2 Å². The topological polar surface area (TPSA) is 58.2 Å². The molecule has 0 bridgehead atoms. The van der Waals surface area contributed by atoms with Gasteiger partial charge in [0.15, 0.2) is 17.3 Å². The third kappa shape index (κ3) is 3.25. The number of ether oxygens (including phenoxy) is 1. The maximum atomic E-state index is 14.0. The minimum Gasteiger partial charge on any atom is -0.369 e. The summed E-state index contributed by atoms with van der Waals surface area (Å²) in [5.41, 5.74) is 2.67. The molecule has 2 aromatic rings. The second-order valence-corrected chi connectivity index (χ2v) is 7.47. The minimum atomic E-state index is -0.820. The van der Waals surface area contributed by atoms with Crippen molar-refractivity contribution < 1.29 is 18.3 Å². The maximum Gasteiger partial charge on any atom is 0.274 e. The first-order valence-electron chi connectivity index (χ1n) is 9.41. The number of carbonyl (C=O) groups excluding carboxylic acids is 1. The lowest BCUT2D eigenvalue weighted by molar-refractivity contribution is -0.00703. The molecule has 1 saturated heterocycles. The van der Waals surface area contributed by atoms with E-state index in [4.69, 9.17) is 4.74 Å². The molecule has 27 heavy (non-hydrogen) atoms. The van der Waals surface area contributed by atoms with Gasteiger partial charge < -0.3 is 9.64 Å². The molecule has 1 aromatic heterocycles. The molecule has 1 N–H and O–H groups in total. The Morgan fingerprint density at radius 3 is 2.74 bits per heavy atom. The number of piperidine rings is 1. The lowest BCUT2D eigenvalue weighted by Gasteiger charge is -2.32. The molecular formula is C20H23F2N3O2. The van der Waals surface area contributed by atoms with Crippen LogP contribution in [0.25, 0.3) is 0 Å². The summed E-state index contributed by atoms with van der Waals surface area (Å²) in [6.45, 7) is 4.94. The molecule has 3 heterocycles. The van der Waals surface area contributed by atoms with E-state index >= 15 is 0 Å². The normalized spacial score (nSPS) is 23.3. The molecule has 4 rings (SSSR count). The van der Waals surface area contributed by atoms with Crippen LogP contribution in [0.1, 0.15) is 66.0 Å². The molecule has 7 heteroatoms. The number of hydrogen-bond acceptors (Lipinski definition) is 3. The highest BCUT2D eigenvalue weighted by Gasteiger charge is 2.33. The molecule has 2 atom stereocenters. The van der Waals surface area contributed by atoms with E-state index in [1.807, 2.05) is 13.8 Å². The quantitative estimate of drug-likeness (QED) is 0.870. The summed E-state index contributed by atoms with van der Waals surface area (Å²) in [5, 5.41) is 7.21. The molecule has 2 aliphatic rings. The number of hydrogen-bond donors (Lipinski definition) is 1. The Labute approximate surface area is 156 Å². The number of fused-ring (bicyclic) bond motifs is 1. The van der Waals surface area contributed by atoms with Crippen LogP contribution in [0.4, 0.5) is 8.78 Å². The predicted molar refractivity (Wildman–Crippen MR) is 95.5 cm³/mol. The third-order valence-electron chi connectivity index (χ3n) is 5.64. The number of H-pyrrole nitrogens is 1. The van der Waals surface area contributed by atoms with Crippen molar-refractivity contribution in [2.75, 3.05) is 13.1 Å². The van der Waals surface area contributed by atoms with Crippen molar-refractivity contribution in [1.29, 1.82) is 0 Å². The molecule has 1 aromatic carbocycles. The second kappa shape index (κ2) is 7.03. The molecule has 0 unspecified atom stereocenters. The summed E-state index contributed by atoms with van der Waals surface area (Å²) in [7, 11) is 0. The number of carbonyl (C=O) groups is 1. The molecule has 5 nitrogen and oxygen atoms in total. The standard InChI is InChI=1S/C20H23F2N3O2/c1-11-10-15-18(12(2)27-11)23-24-19(15)20(26)25-8-6-13(7-9-25)14-4-3-5-16(21)17(14)22/h3-5,11-13H,6-10H2,1-2H3,(H,23,24)/t11-,12+/m1/s1. The number of halogens is 2. The SMILES string of the molecule is C[C@@H]1Cc2c(C(=O)N3CCC(c4cccc(F)c4F)CC3)n[nH]c2[C@H](C)O1. The van der Waals surface area contributed by atoms with Crippen LogP contribution in [-0.2, 0) is 11.2 Å². The highest BCUT2D eigenvalue weighted by Crippen LogP contribution is 2.33. The molecule has 2 aliphatic heterocycles. The van der Waals surface area contributed by atoms with Gasteiger partial charge in [0.2, 0.25) is 0 Å². The number of aromatic amines is 1. The zero-order valence-corrected chi connectivity index (χ0v) is 15.5. The Balaban J connectivity index is 1.48. The Bertz CT molecular complexity index is 859. The summed E-state index contributed by atoms with van der Waals surface area (Å²) in [6, 6.07) is 4.29. The van der Waals surface area contributed by atoms with Crippen molar-refractivity contribution in [1.82, 2.24) is 15.1 Å². The van der Waals surface area contributed by atoms with Crippen molar-refractivity contribution in [2.45, 2.75) is 51.2 Å². The number of rotatable bonds is 2. The van der Waals surface area contributed by atoms with Crippen LogP contribution in [-0.4, -0.2) is 40.2 Å². The monoisotopic (exact) mass is 375 g/mol. The molecule has 144 valence electrons. The predicted octanol–water partition coefficient (Wildman–Crippen LogP) is 3.73. The first-order valence-corrected chi connectivity index (χ1v) is 9.41. The van der Waals surface area contributed by atoms with Gasteiger partial charge >= 0.3 is 0 Å². The molecule has 0 spiro atoms. The Kier molecular flexibility index (Phi) is 4.72. The highest BCUT2D eigenvalue weighted by atomic mass is 19.2. The van der Waals surface area contributed by atoms with Crippen LogP contribution in [0.15, 0.2) is 18.2 Å². The molecule has 0 aliphatic carbocycles. The van der Waals surface area contributed by atoms with Gasteiger partial charge in [-0.25, -0.2) is 8.78 Å². The minimum absolute atomic E-state index is 0.0401. The van der Waals surface area contributed by atoms with E-state index in [1.54, 1.807) is 11.0 Å². The summed E-state index contributed by atoms with van der Waals surface area (Å²) in [5.74, 6) is -1.77. The zero-order chi connectivity index (χ0) is 19.1. The highest BCUT2D eigenvalue weighted by molar-refractivity contribution is 5.94. The molecule has 0 radical (unpaired) electrons. The Morgan fingerprint density at radius 2 is 2.00 bits per heavy atom. The fourth-order valence-corrected chi connectivity index (χ4v) is 4.23. The fourth-order valence-electron chi connectivity index (χ4n) is 4.23. The van der Waals surface area contributed by atoms with Gasteiger partial charge in [-0.3, -0.25) is 9.89 Å². The molecule has 1 fully saturated rings. The van der Waals surface area contributed by atoms with Crippen LogP contribution in [0.5, 0.6) is 0 Å². The van der Waals surface area contributed by atoms with Crippen molar-refractivity contribution in [3.63, 3.8) is 0 Å². The van der Waals surface area contributed by atoms with Gasteiger partial charge in [0.25, 0.3) is 5.91 Å². The second-order valence-electron chi connectivity index (χ2n) is 7.47. The van der Waals surface area contributed by atoms with E-state index in [9.17, 15) is 13.6 Å². The van der Waals surface area contributed by atoms with Gasteiger partial charge in [0.1, 0.15) is 0 Å². The number of amides is 1. The van der Waals surface area contributed by atoms with Crippen molar-refractivity contribution in [2.24, 2.45) is 0 Å². The number of aromatic nitrogens is 2. The van der Waals surface area contributed by atoms with E-state index in [0.29, 0.717) is 43.6 Å². The maximum absolute atomic E-state index is 14.0. The Hall–Kier alpha value is -2.28. The summed E-state index contributed by atoms with van der Waals surface area (Å²) in [4.78, 5) is 14.7. The zero-order valence-electron chi connectivity index (χ0n) is 15.5. The Morgan fingerprint density at radius 1 is 1.26 bits per heavy atom. The van der Waals surface area contributed by atoms with Gasteiger partial charge in [0.05, 0.1) is 17.9 Å². The smallest absolute Gasteiger partial charge is 0.274 e.